The lowest BCUT2D eigenvalue weighted by molar-refractivity contribution is 0.0323. The minimum Gasteiger partial charge on any atom is -0.493 e. The third kappa shape index (κ3) is 4.61. The second-order valence-corrected chi connectivity index (χ2v) is 7.71. The number of benzene rings is 2. The lowest BCUT2D eigenvalue weighted by atomic mass is 10.1. The summed E-state index contributed by atoms with van der Waals surface area (Å²) < 4.78 is 22.7. The van der Waals surface area contributed by atoms with Gasteiger partial charge in [0.25, 0.3) is 0 Å². The molecule has 0 radical (unpaired) electrons. The number of methoxy groups -OCH3 is 2. The molecule has 0 unspecified atom stereocenters. The average Bonchev–Trinajstić information content (AvgIpc) is 2.74. The van der Waals surface area contributed by atoms with Gasteiger partial charge < -0.3 is 18.9 Å². The molecule has 2 aromatic rings. The SMILES string of the molecule is COc1cc2c(cc1OC)Oc1cccc(Cl)c1CN(CCN1CCOCC1)C2. The van der Waals surface area contributed by atoms with Crippen LogP contribution in [0, 0.1) is 0 Å². The van der Waals surface area contributed by atoms with Crippen LogP contribution in [0.1, 0.15) is 11.1 Å². The van der Waals surface area contributed by atoms with E-state index in [0.717, 1.165) is 80.1 Å². The molecular weight excluding hydrogens is 392 g/mol. The van der Waals surface area contributed by atoms with Gasteiger partial charge in [-0.3, -0.25) is 9.80 Å². The second-order valence-electron chi connectivity index (χ2n) is 7.30. The van der Waals surface area contributed by atoms with E-state index in [1.807, 2.05) is 30.3 Å². The summed E-state index contributed by atoms with van der Waals surface area (Å²) >= 11 is 6.54. The van der Waals surface area contributed by atoms with Crippen LogP contribution in [-0.4, -0.2) is 63.4 Å². The van der Waals surface area contributed by atoms with Crippen molar-refractivity contribution in [3.63, 3.8) is 0 Å². The van der Waals surface area contributed by atoms with Crippen LogP contribution in [0.25, 0.3) is 0 Å². The molecule has 0 amide bonds. The van der Waals surface area contributed by atoms with Crippen LogP contribution in [0.4, 0.5) is 0 Å². The van der Waals surface area contributed by atoms with Crippen LogP contribution in [0.15, 0.2) is 30.3 Å². The molecule has 0 N–H and O–H groups in total. The largest absolute Gasteiger partial charge is 0.493 e. The van der Waals surface area contributed by atoms with E-state index in [1.54, 1.807) is 14.2 Å². The summed E-state index contributed by atoms with van der Waals surface area (Å²) in [5, 5.41) is 0.725. The van der Waals surface area contributed by atoms with E-state index in [9.17, 15) is 0 Å². The van der Waals surface area contributed by atoms with Crippen molar-refractivity contribution >= 4 is 11.6 Å². The minimum atomic E-state index is 0.648. The molecular formula is C22H27ClN2O4. The Labute approximate surface area is 176 Å². The first-order valence-electron chi connectivity index (χ1n) is 9.90. The van der Waals surface area contributed by atoms with Crippen molar-refractivity contribution in [2.24, 2.45) is 0 Å². The summed E-state index contributed by atoms with van der Waals surface area (Å²) in [5.41, 5.74) is 2.08. The minimum absolute atomic E-state index is 0.648. The lowest BCUT2D eigenvalue weighted by Gasteiger charge is -2.32. The Kier molecular flexibility index (Phi) is 6.45. The summed E-state index contributed by atoms with van der Waals surface area (Å²) in [4.78, 5) is 4.86. The number of ether oxygens (including phenoxy) is 4. The van der Waals surface area contributed by atoms with Gasteiger partial charge in [0, 0.05) is 61.5 Å². The average molecular weight is 419 g/mol. The summed E-state index contributed by atoms with van der Waals surface area (Å²) in [6.45, 7) is 6.97. The number of nitrogens with zero attached hydrogens (tertiary/aromatic N) is 2. The van der Waals surface area contributed by atoms with Gasteiger partial charge in [-0.1, -0.05) is 17.7 Å². The van der Waals surface area contributed by atoms with Gasteiger partial charge in [0.1, 0.15) is 11.5 Å². The maximum atomic E-state index is 6.54. The molecule has 29 heavy (non-hydrogen) atoms. The second kappa shape index (κ2) is 9.22. The van der Waals surface area contributed by atoms with Crippen molar-refractivity contribution in [2.45, 2.75) is 13.1 Å². The molecule has 0 aliphatic carbocycles. The van der Waals surface area contributed by atoms with Gasteiger partial charge in [0.05, 0.1) is 27.4 Å². The van der Waals surface area contributed by atoms with Gasteiger partial charge >= 0.3 is 0 Å². The summed E-state index contributed by atoms with van der Waals surface area (Å²) in [6, 6.07) is 9.70. The fourth-order valence-corrected chi connectivity index (χ4v) is 4.04. The number of morpholine rings is 1. The Morgan fingerprint density at radius 1 is 0.931 bits per heavy atom. The predicted molar refractivity (Wildman–Crippen MR) is 112 cm³/mol. The lowest BCUT2D eigenvalue weighted by Crippen LogP contribution is -2.41. The smallest absolute Gasteiger partial charge is 0.164 e. The van der Waals surface area contributed by atoms with Crippen LogP contribution >= 0.6 is 11.6 Å². The molecule has 0 bridgehead atoms. The molecule has 2 aromatic carbocycles. The number of hydrogen-bond acceptors (Lipinski definition) is 6. The van der Waals surface area contributed by atoms with Crippen LogP contribution in [0.2, 0.25) is 5.02 Å². The number of fused-ring (bicyclic) bond motifs is 2. The molecule has 4 rings (SSSR count). The zero-order valence-corrected chi connectivity index (χ0v) is 17.7. The van der Waals surface area contributed by atoms with Crippen molar-refractivity contribution < 1.29 is 18.9 Å². The van der Waals surface area contributed by atoms with Crippen LogP contribution in [0.3, 0.4) is 0 Å². The van der Waals surface area contributed by atoms with Crippen molar-refractivity contribution in [1.29, 1.82) is 0 Å². The fraction of sp³-hybridized carbons (Fsp3) is 0.455. The van der Waals surface area contributed by atoms with Gasteiger partial charge in [-0.25, -0.2) is 0 Å². The van der Waals surface area contributed by atoms with Crippen LogP contribution in [0.5, 0.6) is 23.0 Å². The zero-order chi connectivity index (χ0) is 20.2. The molecule has 6 nitrogen and oxygen atoms in total. The maximum absolute atomic E-state index is 6.54. The van der Waals surface area contributed by atoms with E-state index in [0.29, 0.717) is 11.5 Å². The van der Waals surface area contributed by atoms with Gasteiger partial charge in [0.2, 0.25) is 0 Å². The molecule has 2 aliphatic rings. The Hall–Kier alpha value is -1.99. The van der Waals surface area contributed by atoms with Crippen molar-refractivity contribution in [1.82, 2.24) is 9.80 Å². The van der Waals surface area contributed by atoms with Crippen LogP contribution < -0.4 is 14.2 Å². The Balaban J connectivity index is 1.65. The third-order valence-electron chi connectivity index (χ3n) is 5.47. The van der Waals surface area contributed by atoms with Crippen molar-refractivity contribution in [2.75, 3.05) is 53.6 Å². The highest BCUT2D eigenvalue weighted by Gasteiger charge is 2.23. The van der Waals surface area contributed by atoms with E-state index in [4.69, 9.17) is 30.5 Å². The van der Waals surface area contributed by atoms with E-state index in [1.165, 1.54) is 0 Å². The molecule has 0 spiro atoms. The molecule has 0 saturated carbocycles. The summed E-state index contributed by atoms with van der Waals surface area (Å²) in [5.74, 6) is 2.90. The van der Waals surface area contributed by atoms with E-state index in [2.05, 4.69) is 9.80 Å². The standard InChI is InChI=1S/C22H27ClN2O4/c1-26-21-12-16-14-25(7-6-24-8-10-28-11-9-24)15-17-18(23)4-3-5-19(17)29-20(16)13-22(21)27-2/h3-5,12-13H,6-11,14-15H2,1-2H3. The molecule has 0 aromatic heterocycles. The van der Waals surface area contributed by atoms with Gasteiger partial charge in [-0.2, -0.15) is 0 Å². The Morgan fingerprint density at radius 3 is 2.41 bits per heavy atom. The topological polar surface area (TPSA) is 43.4 Å². The third-order valence-corrected chi connectivity index (χ3v) is 5.83. The maximum Gasteiger partial charge on any atom is 0.164 e. The number of rotatable bonds is 5. The molecule has 1 saturated heterocycles. The predicted octanol–water partition coefficient (Wildman–Crippen LogP) is 3.80. The molecule has 156 valence electrons. The molecule has 2 aliphatic heterocycles. The molecule has 2 heterocycles. The summed E-state index contributed by atoms with van der Waals surface area (Å²) in [6.07, 6.45) is 0. The first-order chi connectivity index (χ1) is 14.2. The van der Waals surface area contributed by atoms with Crippen LogP contribution in [-0.2, 0) is 17.8 Å². The Bertz CT molecular complexity index is 855. The molecule has 7 heteroatoms. The highest BCUT2D eigenvalue weighted by atomic mass is 35.5. The highest BCUT2D eigenvalue weighted by Crippen LogP contribution is 2.41. The first-order valence-corrected chi connectivity index (χ1v) is 10.3. The van der Waals surface area contributed by atoms with Gasteiger partial charge in [-0.05, 0) is 18.2 Å². The van der Waals surface area contributed by atoms with Crippen molar-refractivity contribution in [3.05, 3.63) is 46.5 Å². The Morgan fingerprint density at radius 2 is 1.66 bits per heavy atom. The van der Waals surface area contributed by atoms with Crippen molar-refractivity contribution in [3.8, 4) is 23.0 Å². The van der Waals surface area contributed by atoms with Gasteiger partial charge in [-0.15, -0.1) is 0 Å². The normalized spacial score (nSPS) is 17.5. The first kappa shape index (κ1) is 20.3. The molecule has 0 atom stereocenters. The van der Waals surface area contributed by atoms with E-state index < -0.39 is 0 Å². The molecule has 1 fully saturated rings. The number of hydrogen-bond donors (Lipinski definition) is 0. The quantitative estimate of drug-likeness (QED) is 0.735. The van der Waals surface area contributed by atoms with E-state index in [-0.39, 0.29) is 0 Å². The summed E-state index contributed by atoms with van der Waals surface area (Å²) in [7, 11) is 3.28. The highest BCUT2D eigenvalue weighted by molar-refractivity contribution is 6.31. The number of halogens is 1. The fourth-order valence-electron chi connectivity index (χ4n) is 3.81. The van der Waals surface area contributed by atoms with Gasteiger partial charge in [0.15, 0.2) is 11.5 Å². The zero-order valence-electron chi connectivity index (χ0n) is 16.9. The monoisotopic (exact) mass is 418 g/mol. The van der Waals surface area contributed by atoms with E-state index >= 15 is 0 Å².